The van der Waals surface area contributed by atoms with Gasteiger partial charge in [0.1, 0.15) is 0 Å². The molecule has 0 spiro atoms. The Bertz CT molecular complexity index is 541. The molecule has 1 aromatic rings. The average molecular weight is 289 g/mol. The van der Waals surface area contributed by atoms with Gasteiger partial charge >= 0.3 is 7.12 Å². The van der Waals surface area contributed by atoms with E-state index in [-0.39, 0.29) is 18.3 Å². The molecule has 0 amide bonds. The van der Waals surface area contributed by atoms with Crippen molar-refractivity contribution in [3.8, 4) is 5.88 Å². The smallest absolute Gasteiger partial charge is 0.481 e. The largest absolute Gasteiger partial charge is 0.496 e. The highest BCUT2D eigenvalue weighted by atomic mass is 16.7. The zero-order valence-corrected chi connectivity index (χ0v) is 13.7. The molecule has 1 saturated heterocycles. The molecule has 21 heavy (non-hydrogen) atoms. The molecule has 2 aliphatic rings. The van der Waals surface area contributed by atoms with Crippen LogP contribution < -0.4 is 10.2 Å². The van der Waals surface area contributed by atoms with Crippen LogP contribution in [0.2, 0.25) is 0 Å². The molecule has 2 heterocycles. The first-order valence-corrected chi connectivity index (χ1v) is 7.76. The van der Waals surface area contributed by atoms with Crippen LogP contribution in [0.4, 0.5) is 0 Å². The number of hydrogen-bond donors (Lipinski definition) is 0. The van der Waals surface area contributed by atoms with Gasteiger partial charge in [-0.2, -0.15) is 0 Å². The molecule has 1 aliphatic carbocycles. The number of hydrogen-bond acceptors (Lipinski definition) is 4. The van der Waals surface area contributed by atoms with Crippen LogP contribution in [0.25, 0.3) is 0 Å². The van der Waals surface area contributed by atoms with E-state index in [1.165, 1.54) is 24.0 Å². The van der Waals surface area contributed by atoms with E-state index >= 15 is 0 Å². The number of methoxy groups -OCH3 is 1. The summed E-state index contributed by atoms with van der Waals surface area (Å²) in [6.07, 6.45) is 6.34. The summed E-state index contributed by atoms with van der Waals surface area (Å²) >= 11 is 0. The lowest BCUT2D eigenvalue weighted by Gasteiger charge is -2.32. The van der Waals surface area contributed by atoms with E-state index in [0.29, 0.717) is 0 Å². The van der Waals surface area contributed by atoms with Gasteiger partial charge in [-0.1, -0.05) is 0 Å². The Labute approximate surface area is 127 Å². The predicted octanol–water partition coefficient (Wildman–Crippen LogP) is 2.27. The standard InChI is InChI=1S/C16H24BNO3/c1-15(2)16(3,4)21-17(20-15)13-10-18-14(19-5)12-9-7-6-8-11(12)13/h10H,6-9H2,1-5H3. The number of nitrogens with zero attached hydrogens (tertiary/aromatic N) is 1. The van der Waals surface area contributed by atoms with Crippen molar-refractivity contribution in [3.63, 3.8) is 0 Å². The van der Waals surface area contributed by atoms with Crippen molar-refractivity contribution < 1.29 is 14.0 Å². The van der Waals surface area contributed by atoms with Gasteiger partial charge in [-0.3, -0.25) is 0 Å². The van der Waals surface area contributed by atoms with Gasteiger partial charge in [0.05, 0.1) is 18.3 Å². The monoisotopic (exact) mass is 289 g/mol. The third kappa shape index (κ3) is 2.36. The maximum atomic E-state index is 6.19. The van der Waals surface area contributed by atoms with E-state index in [9.17, 15) is 0 Å². The normalized spacial score (nSPS) is 23.0. The Morgan fingerprint density at radius 3 is 2.19 bits per heavy atom. The molecule has 114 valence electrons. The van der Waals surface area contributed by atoms with Crippen LogP contribution in [-0.2, 0) is 22.2 Å². The van der Waals surface area contributed by atoms with Crippen LogP contribution in [0, 0.1) is 0 Å². The molecule has 0 aromatic carbocycles. The first kappa shape index (κ1) is 14.9. The van der Waals surface area contributed by atoms with Crippen molar-refractivity contribution in [2.45, 2.75) is 64.6 Å². The zero-order valence-electron chi connectivity index (χ0n) is 13.7. The van der Waals surface area contributed by atoms with Crippen LogP contribution >= 0.6 is 0 Å². The summed E-state index contributed by atoms with van der Waals surface area (Å²) in [6, 6.07) is 0. The van der Waals surface area contributed by atoms with E-state index in [1.54, 1.807) is 7.11 Å². The Hall–Kier alpha value is -1.07. The molecule has 1 aromatic heterocycles. The van der Waals surface area contributed by atoms with Crippen molar-refractivity contribution in [2.24, 2.45) is 0 Å². The summed E-state index contributed by atoms with van der Waals surface area (Å²) in [6.45, 7) is 8.32. The minimum atomic E-state index is -0.333. The Kier molecular flexibility index (Phi) is 3.53. The average Bonchev–Trinajstić information content (AvgIpc) is 2.66. The van der Waals surface area contributed by atoms with Gasteiger partial charge in [-0.25, -0.2) is 4.98 Å². The minimum absolute atomic E-state index is 0.320. The number of rotatable bonds is 2. The molecular weight excluding hydrogens is 265 g/mol. The van der Waals surface area contributed by atoms with Gasteiger partial charge in [0.25, 0.3) is 0 Å². The van der Waals surface area contributed by atoms with Gasteiger partial charge < -0.3 is 14.0 Å². The number of aromatic nitrogens is 1. The summed E-state index contributed by atoms with van der Waals surface area (Å²) in [5.41, 5.74) is 2.98. The topological polar surface area (TPSA) is 40.6 Å². The van der Waals surface area contributed by atoms with Crippen LogP contribution in [0.15, 0.2) is 6.20 Å². The fourth-order valence-corrected chi connectivity index (χ4v) is 3.09. The second-order valence-corrected chi connectivity index (χ2v) is 6.98. The van der Waals surface area contributed by atoms with Crippen LogP contribution in [-0.4, -0.2) is 30.4 Å². The molecule has 0 saturated carbocycles. The van der Waals surface area contributed by atoms with E-state index in [4.69, 9.17) is 14.0 Å². The molecule has 0 N–H and O–H groups in total. The van der Waals surface area contributed by atoms with Crippen molar-refractivity contribution in [1.29, 1.82) is 0 Å². The second kappa shape index (κ2) is 4.99. The third-order valence-electron chi connectivity index (χ3n) is 5.10. The van der Waals surface area contributed by atoms with E-state index < -0.39 is 0 Å². The summed E-state index contributed by atoms with van der Waals surface area (Å²) < 4.78 is 17.8. The third-order valence-corrected chi connectivity index (χ3v) is 5.10. The lowest BCUT2D eigenvalue weighted by molar-refractivity contribution is 0.00578. The number of fused-ring (bicyclic) bond motifs is 1. The molecular formula is C16H24BNO3. The maximum Gasteiger partial charge on any atom is 0.496 e. The predicted molar refractivity (Wildman–Crippen MR) is 83.1 cm³/mol. The molecule has 0 atom stereocenters. The zero-order chi connectivity index (χ0) is 15.3. The van der Waals surface area contributed by atoms with E-state index in [0.717, 1.165) is 24.2 Å². The molecule has 0 bridgehead atoms. The Morgan fingerprint density at radius 1 is 1.05 bits per heavy atom. The van der Waals surface area contributed by atoms with Gasteiger partial charge in [-0.15, -0.1) is 0 Å². The molecule has 5 heteroatoms. The summed E-state index contributed by atoms with van der Waals surface area (Å²) in [4.78, 5) is 4.47. The van der Waals surface area contributed by atoms with Crippen molar-refractivity contribution >= 4 is 12.6 Å². The van der Waals surface area contributed by atoms with E-state index in [2.05, 4.69) is 32.7 Å². The lowest BCUT2D eigenvalue weighted by atomic mass is 9.73. The van der Waals surface area contributed by atoms with Gasteiger partial charge in [0, 0.05) is 17.2 Å². The first-order chi connectivity index (χ1) is 9.86. The Balaban J connectivity index is 2.01. The maximum absolute atomic E-state index is 6.19. The van der Waals surface area contributed by atoms with Gasteiger partial charge in [0.15, 0.2) is 0 Å². The summed E-state index contributed by atoms with van der Waals surface area (Å²) in [5.74, 6) is 0.755. The van der Waals surface area contributed by atoms with E-state index in [1.807, 2.05) is 6.20 Å². The SMILES string of the molecule is COc1ncc(B2OC(C)(C)C(C)(C)O2)c2c1CCCC2. The van der Waals surface area contributed by atoms with Crippen molar-refractivity contribution in [1.82, 2.24) is 4.98 Å². The molecule has 3 rings (SSSR count). The van der Waals surface area contributed by atoms with Crippen LogP contribution in [0.5, 0.6) is 5.88 Å². The highest BCUT2D eigenvalue weighted by Gasteiger charge is 2.52. The number of ether oxygens (including phenoxy) is 1. The number of pyridine rings is 1. The van der Waals surface area contributed by atoms with Gasteiger partial charge in [0.2, 0.25) is 5.88 Å². The first-order valence-electron chi connectivity index (χ1n) is 7.76. The fraction of sp³-hybridized carbons (Fsp3) is 0.688. The van der Waals surface area contributed by atoms with Crippen LogP contribution in [0.1, 0.15) is 51.7 Å². The second-order valence-electron chi connectivity index (χ2n) is 6.98. The Morgan fingerprint density at radius 2 is 1.62 bits per heavy atom. The fourth-order valence-electron chi connectivity index (χ4n) is 3.09. The molecule has 1 aliphatic heterocycles. The molecule has 1 fully saturated rings. The minimum Gasteiger partial charge on any atom is -0.481 e. The summed E-state index contributed by atoms with van der Waals surface area (Å²) in [7, 11) is 1.35. The van der Waals surface area contributed by atoms with Crippen molar-refractivity contribution in [3.05, 3.63) is 17.3 Å². The molecule has 0 unspecified atom stereocenters. The molecule has 4 nitrogen and oxygen atoms in total. The highest BCUT2D eigenvalue weighted by molar-refractivity contribution is 6.62. The van der Waals surface area contributed by atoms with Crippen LogP contribution in [0.3, 0.4) is 0 Å². The quantitative estimate of drug-likeness (QED) is 0.783. The molecule has 0 radical (unpaired) electrons. The van der Waals surface area contributed by atoms with Crippen molar-refractivity contribution in [2.75, 3.05) is 7.11 Å². The van der Waals surface area contributed by atoms with Gasteiger partial charge in [-0.05, 0) is 58.9 Å². The highest BCUT2D eigenvalue weighted by Crippen LogP contribution is 2.37. The summed E-state index contributed by atoms with van der Waals surface area (Å²) in [5, 5.41) is 0. The lowest BCUT2D eigenvalue weighted by Crippen LogP contribution is -2.41.